The largest absolute Gasteiger partial charge is 0.419 e. The van der Waals surface area contributed by atoms with E-state index in [4.69, 9.17) is 10.2 Å². The maximum Gasteiger partial charge on any atom is 0.419 e. The zero-order chi connectivity index (χ0) is 12.4. The van der Waals surface area contributed by atoms with Gasteiger partial charge in [-0.25, -0.2) is 4.79 Å². The van der Waals surface area contributed by atoms with Gasteiger partial charge in [0.25, 0.3) is 0 Å². The number of oxazole rings is 1. The number of carbonyl (C=O) groups is 1. The number of aryl methyl sites for hydroxylation is 1. The predicted molar refractivity (Wildman–Crippen MR) is 62.4 cm³/mol. The van der Waals surface area contributed by atoms with Gasteiger partial charge in [0.15, 0.2) is 5.58 Å². The molecule has 0 bridgehead atoms. The Labute approximate surface area is 97.0 Å². The molecule has 2 aromatic rings. The number of amides is 1. The third-order valence-corrected chi connectivity index (χ3v) is 2.53. The fraction of sp³-hybridized carbons (Fsp3) is 0.273. The molecule has 90 valence electrons. The Kier molecular flexibility index (Phi) is 2.97. The van der Waals surface area contributed by atoms with Crippen molar-refractivity contribution in [3.8, 4) is 0 Å². The summed E-state index contributed by atoms with van der Waals surface area (Å²) in [6.45, 7) is 0.327. The minimum Gasteiger partial charge on any atom is -0.408 e. The molecule has 6 heteroatoms. The first-order chi connectivity index (χ1) is 8.11. The number of fused-ring (bicyclic) bond motifs is 1. The lowest BCUT2D eigenvalue weighted by Gasteiger charge is -2.03. The van der Waals surface area contributed by atoms with Crippen LogP contribution < -0.4 is 16.8 Å². The smallest absolute Gasteiger partial charge is 0.408 e. The van der Waals surface area contributed by atoms with E-state index in [9.17, 15) is 9.59 Å². The number of nitrogens with two attached hydrogens (primary N) is 1. The zero-order valence-corrected chi connectivity index (χ0v) is 9.40. The van der Waals surface area contributed by atoms with Gasteiger partial charge in [-0.2, -0.15) is 0 Å². The molecule has 6 nitrogen and oxygen atoms in total. The maximum absolute atomic E-state index is 11.3. The van der Waals surface area contributed by atoms with Gasteiger partial charge >= 0.3 is 5.76 Å². The third kappa shape index (κ3) is 2.21. The van der Waals surface area contributed by atoms with Crippen molar-refractivity contribution in [3.05, 3.63) is 34.3 Å². The van der Waals surface area contributed by atoms with Crippen LogP contribution in [0.25, 0.3) is 11.1 Å². The van der Waals surface area contributed by atoms with Gasteiger partial charge in [-0.05, 0) is 17.7 Å². The van der Waals surface area contributed by atoms with E-state index in [2.05, 4.69) is 5.32 Å². The van der Waals surface area contributed by atoms with Crippen LogP contribution in [0.4, 0.5) is 0 Å². The zero-order valence-electron chi connectivity index (χ0n) is 9.40. The number of rotatable bonds is 3. The second-order valence-electron chi connectivity index (χ2n) is 3.71. The maximum atomic E-state index is 11.3. The Bertz CT molecular complexity index is 612. The molecule has 17 heavy (non-hydrogen) atoms. The van der Waals surface area contributed by atoms with Crippen LogP contribution in [0.2, 0.25) is 0 Å². The molecule has 0 fully saturated rings. The highest BCUT2D eigenvalue weighted by Gasteiger charge is 2.06. The molecule has 0 aliphatic heterocycles. The summed E-state index contributed by atoms with van der Waals surface area (Å²) in [7, 11) is 1.64. The highest BCUT2D eigenvalue weighted by atomic mass is 16.4. The van der Waals surface area contributed by atoms with E-state index in [0.29, 0.717) is 12.1 Å². The van der Waals surface area contributed by atoms with Crippen LogP contribution in [-0.2, 0) is 18.4 Å². The van der Waals surface area contributed by atoms with E-state index in [0.717, 1.165) is 11.1 Å². The molecule has 1 amide bonds. The molecular formula is C11H13N3O3. The lowest BCUT2D eigenvalue weighted by atomic mass is 10.2. The van der Waals surface area contributed by atoms with E-state index in [-0.39, 0.29) is 12.5 Å². The number of benzene rings is 1. The van der Waals surface area contributed by atoms with E-state index in [1.165, 1.54) is 4.57 Å². The average Bonchev–Trinajstić information content (AvgIpc) is 2.62. The number of nitrogens with one attached hydrogen (secondary N) is 1. The lowest BCUT2D eigenvalue weighted by molar-refractivity contribution is -0.119. The molecule has 1 aromatic carbocycles. The molecule has 0 saturated carbocycles. The molecule has 0 atom stereocenters. The first-order valence-electron chi connectivity index (χ1n) is 5.17. The van der Waals surface area contributed by atoms with E-state index < -0.39 is 5.76 Å². The third-order valence-electron chi connectivity index (χ3n) is 2.53. The van der Waals surface area contributed by atoms with Crippen molar-refractivity contribution in [3.63, 3.8) is 0 Å². The fourth-order valence-corrected chi connectivity index (χ4v) is 1.56. The summed E-state index contributed by atoms with van der Waals surface area (Å²) in [6, 6.07) is 5.34. The van der Waals surface area contributed by atoms with Crippen LogP contribution in [0.5, 0.6) is 0 Å². The van der Waals surface area contributed by atoms with Crippen molar-refractivity contribution in [2.75, 3.05) is 6.54 Å². The van der Waals surface area contributed by atoms with Crippen LogP contribution in [0, 0.1) is 0 Å². The van der Waals surface area contributed by atoms with E-state index >= 15 is 0 Å². The molecule has 0 aliphatic rings. The summed E-state index contributed by atoms with van der Waals surface area (Å²) in [5, 5.41) is 2.64. The Morgan fingerprint density at radius 3 is 3.00 bits per heavy atom. The summed E-state index contributed by atoms with van der Waals surface area (Å²) < 4.78 is 6.47. The van der Waals surface area contributed by atoms with Gasteiger partial charge in [0.05, 0.1) is 12.1 Å². The van der Waals surface area contributed by atoms with Crippen LogP contribution in [0.15, 0.2) is 27.4 Å². The van der Waals surface area contributed by atoms with Crippen LogP contribution in [0.3, 0.4) is 0 Å². The summed E-state index contributed by atoms with van der Waals surface area (Å²) in [6.07, 6.45) is 0. The van der Waals surface area contributed by atoms with Crippen molar-refractivity contribution < 1.29 is 9.21 Å². The van der Waals surface area contributed by atoms with E-state index in [1.807, 2.05) is 6.07 Å². The van der Waals surface area contributed by atoms with Crippen molar-refractivity contribution in [1.29, 1.82) is 0 Å². The number of nitrogens with zero attached hydrogens (tertiary/aromatic N) is 1. The summed E-state index contributed by atoms with van der Waals surface area (Å²) in [4.78, 5) is 22.3. The Hall–Kier alpha value is -2.08. The van der Waals surface area contributed by atoms with E-state index in [1.54, 1.807) is 19.2 Å². The predicted octanol–water partition coefficient (Wildman–Crippen LogP) is -0.294. The molecule has 0 unspecified atom stereocenters. The second kappa shape index (κ2) is 4.42. The molecule has 0 aliphatic carbocycles. The topological polar surface area (TPSA) is 90.3 Å². The number of aromatic nitrogens is 1. The lowest BCUT2D eigenvalue weighted by Crippen LogP contribution is -2.29. The van der Waals surface area contributed by atoms with Crippen LogP contribution in [0.1, 0.15) is 5.56 Å². The molecule has 1 heterocycles. The van der Waals surface area contributed by atoms with Crippen molar-refractivity contribution in [2.45, 2.75) is 6.54 Å². The molecule has 0 saturated heterocycles. The van der Waals surface area contributed by atoms with Gasteiger partial charge in [0, 0.05) is 13.6 Å². The molecule has 2 rings (SSSR count). The molecule has 3 N–H and O–H groups in total. The van der Waals surface area contributed by atoms with Crippen LogP contribution >= 0.6 is 0 Å². The normalized spacial score (nSPS) is 10.7. The Balaban J connectivity index is 2.26. The second-order valence-corrected chi connectivity index (χ2v) is 3.71. The van der Waals surface area contributed by atoms with Gasteiger partial charge in [-0.1, -0.05) is 6.07 Å². The highest BCUT2D eigenvalue weighted by molar-refractivity contribution is 5.78. The monoisotopic (exact) mass is 235 g/mol. The van der Waals surface area contributed by atoms with Gasteiger partial charge in [0.2, 0.25) is 5.91 Å². The molecule has 0 radical (unpaired) electrons. The summed E-state index contributed by atoms with van der Waals surface area (Å²) in [5.74, 6) is -0.622. The Morgan fingerprint density at radius 1 is 1.53 bits per heavy atom. The number of hydrogen-bond donors (Lipinski definition) is 2. The van der Waals surface area contributed by atoms with Crippen molar-refractivity contribution in [2.24, 2.45) is 12.8 Å². The van der Waals surface area contributed by atoms with Crippen molar-refractivity contribution in [1.82, 2.24) is 9.88 Å². The van der Waals surface area contributed by atoms with Crippen molar-refractivity contribution >= 4 is 17.0 Å². The first kappa shape index (κ1) is 11.4. The van der Waals surface area contributed by atoms with Crippen LogP contribution in [-0.4, -0.2) is 17.0 Å². The molecule has 0 spiro atoms. The van der Waals surface area contributed by atoms with Gasteiger partial charge in [0.1, 0.15) is 0 Å². The van der Waals surface area contributed by atoms with Gasteiger partial charge < -0.3 is 15.5 Å². The number of carbonyl (C=O) groups excluding carboxylic acids is 1. The standard InChI is InChI=1S/C11H13N3O3/c1-14-8-3-2-7(6-13-10(15)5-12)4-9(8)17-11(14)16/h2-4H,5-6,12H2,1H3,(H,13,15). The fourth-order valence-electron chi connectivity index (χ4n) is 1.56. The molecule has 1 aromatic heterocycles. The summed E-state index contributed by atoms with van der Waals surface area (Å²) in [5.41, 5.74) is 7.27. The van der Waals surface area contributed by atoms with Gasteiger partial charge in [-0.15, -0.1) is 0 Å². The minimum absolute atomic E-state index is 0.0390. The quantitative estimate of drug-likeness (QED) is 0.764. The molecular weight excluding hydrogens is 222 g/mol. The number of hydrogen-bond acceptors (Lipinski definition) is 4. The SMILES string of the molecule is Cn1c(=O)oc2cc(CNC(=O)CN)ccc21. The Morgan fingerprint density at radius 2 is 2.29 bits per heavy atom. The first-order valence-corrected chi connectivity index (χ1v) is 5.17. The minimum atomic E-state index is -0.400. The average molecular weight is 235 g/mol. The van der Waals surface area contributed by atoms with Gasteiger partial charge in [-0.3, -0.25) is 9.36 Å². The highest BCUT2D eigenvalue weighted by Crippen LogP contribution is 2.13. The summed E-state index contributed by atoms with van der Waals surface area (Å²) >= 11 is 0.